The van der Waals surface area contributed by atoms with E-state index >= 15 is 0 Å². The molecule has 1 aromatic heterocycles. The number of aliphatic imine (C=N–C) groups is 1. The quantitative estimate of drug-likeness (QED) is 0.523. The van der Waals surface area contributed by atoms with Gasteiger partial charge in [0.15, 0.2) is 0 Å². The lowest BCUT2D eigenvalue weighted by Crippen LogP contribution is -2.22. The third kappa shape index (κ3) is 5.74. The van der Waals surface area contributed by atoms with Crippen LogP contribution < -0.4 is 0 Å². The third-order valence-electron chi connectivity index (χ3n) is 3.30. The molecule has 0 amide bonds. The summed E-state index contributed by atoms with van der Waals surface area (Å²) in [4.78, 5) is 12.5. The summed E-state index contributed by atoms with van der Waals surface area (Å²) in [6.45, 7) is 5.52. The van der Waals surface area contributed by atoms with Gasteiger partial charge in [-0.05, 0) is 54.4 Å². The second-order valence-corrected chi connectivity index (χ2v) is 9.30. The van der Waals surface area contributed by atoms with Crippen molar-refractivity contribution in [2.24, 2.45) is 4.99 Å². The van der Waals surface area contributed by atoms with Gasteiger partial charge in [-0.1, -0.05) is 0 Å². The van der Waals surface area contributed by atoms with E-state index in [1.807, 2.05) is 20.8 Å². The second kappa shape index (κ2) is 8.23. The first-order chi connectivity index (χ1) is 11.7. The van der Waals surface area contributed by atoms with Crippen LogP contribution in [0.1, 0.15) is 38.1 Å². The van der Waals surface area contributed by atoms with Gasteiger partial charge in [0, 0.05) is 23.4 Å². The largest absolute Gasteiger partial charge is 0.274 e. The summed E-state index contributed by atoms with van der Waals surface area (Å²) in [5.41, 5.74) is 2.36. The van der Waals surface area contributed by atoms with E-state index in [2.05, 4.69) is 30.9 Å². The Morgan fingerprint density at radius 1 is 1.28 bits per heavy atom. The average Bonchev–Trinajstić information content (AvgIpc) is 2.50. The van der Waals surface area contributed by atoms with E-state index in [0.717, 1.165) is 6.07 Å². The van der Waals surface area contributed by atoms with Crippen molar-refractivity contribution in [3.05, 3.63) is 58.1 Å². The Hall–Kier alpha value is -1.54. The molecule has 25 heavy (non-hydrogen) atoms. The zero-order chi connectivity index (χ0) is 18.6. The first-order valence-corrected chi connectivity index (χ1v) is 9.52. The Morgan fingerprint density at radius 3 is 2.48 bits per heavy atom. The SMILES string of the molecule is CC(C)(C)S(=O)C=NC(Cc1cc(F)cc(F)c1)c1ncncc1Br. The number of hydrogen-bond acceptors (Lipinski definition) is 4. The predicted molar refractivity (Wildman–Crippen MR) is 98.9 cm³/mol. The summed E-state index contributed by atoms with van der Waals surface area (Å²) >= 11 is 3.36. The molecule has 0 radical (unpaired) electrons. The molecule has 134 valence electrons. The molecule has 0 saturated heterocycles. The number of benzene rings is 1. The molecule has 0 spiro atoms. The topological polar surface area (TPSA) is 55.2 Å². The number of hydrogen-bond donors (Lipinski definition) is 0. The monoisotopic (exact) mass is 429 g/mol. The van der Waals surface area contributed by atoms with E-state index in [9.17, 15) is 13.0 Å². The highest BCUT2D eigenvalue weighted by atomic mass is 79.9. The van der Waals surface area contributed by atoms with E-state index in [4.69, 9.17) is 0 Å². The van der Waals surface area contributed by atoms with Crippen molar-refractivity contribution >= 4 is 32.3 Å². The summed E-state index contributed by atoms with van der Waals surface area (Å²) in [7, 11) is -1.30. The van der Waals surface area contributed by atoms with Crippen LogP contribution in [0.3, 0.4) is 0 Å². The van der Waals surface area contributed by atoms with Gasteiger partial charge in [0.1, 0.15) is 18.0 Å². The summed E-state index contributed by atoms with van der Waals surface area (Å²) in [6, 6.07) is 2.77. The third-order valence-corrected chi connectivity index (χ3v) is 5.43. The molecule has 0 saturated carbocycles. The normalized spacial score (nSPS) is 14.6. The summed E-state index contributed by atoms with van der Waals surface area (Å²) in [5.74, 6) is -1.31. The Morgan fingerprint density at radius 2 is 1.92 bits per heavy atom. The lowest BCUT2D eigenvalue weighted by Gasteiger charge is -2.16. The minimum absolute atomic E-state index is 0.210. The standard InChI is InChI=1S/C17H18BrF2N3OS/c1-17(2,3)25(24)10-23-15(16-14(18)8-21-9-22-16)6-11-4-12(19)7-13(20)5-11/h4-5,7-10,15H,6H2,1-3H3. The predicted octanol–water partition coefficient (Wildman–Crippen LogP) is 4.38. The molecular weight excluding hydrogens is 412 g/mol. The smallest absolute Gasteiger partial charge is 0.126 e. The fourth-order valence-corrected chi connectivity index (χ4v) is 3.08. The average molecular weight is 430 g/mol. The van der Waals surface area contributed by atoms with Gasteiger partial charge in [0.05, 0.1) is 32.6 Å². The van der Waals surface area contributed by atoms with Crippen LogP contribution in [0.4, 0.5) is 8.78 Å². The van der Waals surface area contributed by atoms with E-state index in [1.54, 1.807) is 6.20 Å². The molecule has 0 fully saturated rings. The Balaban J connectivity index is 2.37. The molecular formula is C17H18BrF2N3OS. The molecule has 0 aliphatic carbocycles. The number of nitrogens with zero attached hydrogens (tertiary/aromatic N) is 3. The first kappa shape index (κ1) is 19.8. The first-order valence-electron chi connectivity index (χ1n) is 7.51. The molecule has 0 aliphatic heterocycles. The van der Waals surface area contributed by atoms with Crippen LogP contribution in [0.15, 0.2) is 40.2 Å². The van der Waals surface area contributed by atoms with E-state index in [0.29, 0.717) is 15.7 Å². The van der Waals surface area contributed by atoms with Crippen LogP contribution in [-0.4, -0.2) is 24.5 Å². The Kier molecular flexibility index (Phi) is 6.51. The fourth-order valence-electron chi connectivity index (χ4n) is 2.03. The fraction of sp³-hybridized carbons (Fsp3) is 0.353. The molecule has 0 bridgehead atoms. The van der Waals surface area contributed by atoms with Gasteiger partial charge in [-0.3, -0.25) is 9.20 Å². The van der Waals surface area contributed by atoms with Crippen LogP contribution in [0.25, 0.3) is 0 Å². The summed E-state index contributed by atoms with van der Waals surface area (Å²) < 4.78 is 39.3. The molecule has 2 atom stereocenters. The molecule has 4 nitrogen and oxygen atoms in total. The highest BCUT2D eigenvalue weighted by Gasteiger charge is 2.20. The summed E-state index contributed by atoms with van der Waals surface area (Å²) in [5, 5.41) is 0. The van der Waals surface area contributed by atoms with Crippen molar-refractivity contribution < 1.29 is 13.0 Å². The van der Waals surface area contributed by atoms with Crippen LogP contribution in [0, 0.1) is 11.6 Å². The zero-order valence-electron chi connectivity index (χ0n) is 14.0. The molecule has 2 unspecified atom stereocenters. The molecule has 1 heterocycles. The summed E-state index contributed by atoms with van der Waals surface area (Å²) in [6.07, 6.45) is 3.15. The van der Waals surface area contributed by atoms with Crippen molar-refractivity contribution in [3.8, 4) is 0 Å². The Labute approximate surface area is 156 Å². The van der Waals surface area contributed by atoms with Gasteiger partial charge in [-0.15, -0.1) is 0 Å². The van der Waals surface area contributed by atoms with Crippen LogP contribution >= 0.6 is 15.9 Å². The molecule has 2 aromatic rings. The number of aromatic nitrogens is 2. The maximum Gasteiger partial charge on any atom is 0.126 e. The van der Waals surface area contributed by atoms with Crippen molar-refractivity contribution in [2.45, 2.75) is 38.0 Å². The van der Waals surface area contributed by atoms with E-state index in [1.165, 1.54) is 24.0 Å². The van der Waals surface area contributed by atoms with E-state index in [-0.39, 0.29) is 6.42 Å². The van der Waals surface area contributed by atoms with Crippen molar-refractivity contribution in [1.29, 1.82) is 0 Å². The second-order valence-electron chi connectivity index (χ2n) is 6.42. The maximum atomic E-state index is 13.5. The molecule has 8 heteroatoms. The van der Waals surface area contributed by atoms with Gasteiger partial charge in [-0.2, -0.15) is 0 Å². The highest BCUT2D eigenvalue weighted by Crippen LogP contribution is 2.27. The lowest BCUT2D eigenvalue weighted by atomic mass is 10.0. The minimum Gasteiger partial charge on any atom is -0.274 e. The van der Waals surface area contributed by atoms with Gasteiger partial charge >= 0.3 is 0 Å². The molecule has 1 aromatic carbocycles. The van der Waals surface area contributed by atoms with Crippen molar-refractivity contribution in [3.63, 3.8) is 0 Å². The minimum atomic E-state index is -1.30. The number of rotatable bonds is 5. The number of halogens is 3. The lowest BCUT2D eigenvalue weighted by molar-refractivity contribution is 0.575. The van der Waals surface area contributed by atoms with Crippen LogP contribution in [0.2, 0.25) is 0 Å². The van der Waals surface area contributed by atoms with Gasteiger partial charge in [-0.25, -0.2) is 18.7 Å². The Bertz CT molecular complexity index is 788. The van der Waals surface area contributed by atoms with E-state index < -0.39 is 33.2 Å². The van der Waals surface area contributed by atoms with Crippen molar-refractivity contribution in [2.75, 3.05) is 0 Å². The maximum absolute atomic E-state index is 13.5. The van der Waals surface area contributed by atoms with Gasteiger partial charge in [0.25, 0.3) is 0 Å². The zero-order valence-corrected chi connectivity index (χ0v) is 16.4. The van der Waals surface area contributed by atoms with Crippen LogP contribution in [0.5, 0.6) is 0 Å². The molecule has 0 aliphatic rings. The van der Waals surface area contributed by atoms with Gasteiger partial charge in [0.2, 0.25) is 0 Å². The van der Waals surface area contributed by atoms with Crippen LogP contribution in [-0.2, 0) is 17.2 Å². The molecule has 2 rings (SSSR count). The van der Waals surface area contributed by atoms with Crippen molar-refractivity contribution in [1.82, 2.24) is 9.97 Å². The highest BCUT2D eigenvalue weighted by molar-refractivity contribution is 9.10. The van der Waals surface area contributed by atoms with Gasteiger partial charge < -0.3 is 0 Å². The molecule has 0 N–H and O–H groups in total.